The maximum absolute atomic E-state index is 10.9. The first-order chi connectivity index (χ1) is 12.0. The Balaban J connectivity index is 1.38. The molecule has 0 aromatic carbocycles. The van der Waals surface area contributed by atoms with Gasteiger partial charge in [-0.15, -0.1) is 0 Å². The van der Waals surface area contributed by atoms with Gasteiger partial charge < -0.3 is 9.84 Å². The van der Waals surface area contributed by atoms with Gasteiger partial charge in [-0.2, -0.15) is 0 Å². The molecular weight excluding hydrogens is 308 g/mol. The Bertz CT molecular complexity index is 583. The van der Waals surface area contributed by atoms with Crippen LogP contribution in [-0.2, 0) is 4.74 Å². The van der Waals surface area contributed by atoms with Crippen LogP contribution in [0, 0.1) is 46.8 Å². The van der Waals surface area contributed by atoms with Crippen molar-refractivity contribution < 1.29 is 9.84 Å². The molecule has 2 nitrogen and oxygen atoms in total. The van der Waals surface area contributed by atoms with E-state index in [1.165, 1.54) is 38.5 Å². The Morgan fingerprint density at radius 3 is 2.64 bits per heavy atom. The molecule has 0 radical (unpaired) electrons. The SMILES string of the molecule is C/C=C1\C2CC2[C@H]2[C@@H]3CC[C@@H]4C[C@@](O)(COC)CC[C@@H]4[C@H]3CC[C@]12C. The van der Waals surface area contributed by atoms with Crippen LogP contribution in [0.2, 0.25) is 0 Å². The topological polar surface area (TPSA) is 29.5 Å². The van der Waals surface area contributed by atoms with Crippen LogP contribution < -0.4 is 0 Å². The Morgan fingerprint density at radius 2 is 1.88 bits per heavy atom. The maximum atomic E-state index is 10.9. The molecule has 2 unspecified atom stereocenters. The first kappa shape index (κ1) is 16.8. The Labute approximate surface area is 153 Å². The molecule has 5 fully saturated rings. The first-order valence-corrected chi connectivity index (χ1v) is 10.9. The molecular formula is C23H36O2. The van der Waals surface area contributed by atoms with E-state index in [-0.39, 0.29) is 0 Å². The summed E-state index contributed by atoms with van der Waals surface area (Å²) in [5, 5.41) is 10.9. The largest absolute Gasteiger partial charge is 0.387 e. The Morgan fingerprint density at radius 1 is 1.08 bits per heavy atom. The Hall–Kier alpha value is -0.340. The number of fused-ring (bicyclic) bond motifs is 7. The molecule has 2 heteroatoms. The second-order valence-electron chi connectivity index (χ2n) is 10.5. The first-order valence-electron chi connectivity index (χ1n) is 10.9. The van der Waals surface area contributed by atoms with Crippen molar-refractivity contribution >= 4 is 0 Å². The highest BCUT2D eigenvalue weighted by molar-refractivity contribution is 5.34. The molecule has 0 aromatic heterocycles. The average molecular weight is 345 g/mol. The number of hydrogen-bond acceptors (Lipinski definition) is 2. The van der Waals surface area contributed by atoms with Crippen LogP contribution in [0.1, 0.15) is 65.2 Å². The highest BCUT2D eigenvalue weighted by atomic mass is 16.5. The summed E-state index contributed by atoms with van der Waals surface area (Å²) in [5.74, 6) is 6.50. The highest BCUT2D eigenvalue weighted by Gasteiger charge is 2.67. The summed E-state index contributed by atoms with van der Waals surface area (Å²) in [6, 6.07) is 0. The van der Waals surface area contributed by atoms with Crippen LogP contribution >= 0.6 is 0 Å². The van der Waals surface area contributed by atoms with Gasteiger partial charge in [0.1, 0.15) is 0 Å². The van der Waals surface area contributed by atoms with Crippen molar-refractivity contribution in [2.24, 2.45) is 46.8 Å². The standard InChI is InChI=1S/C23H36O2/c1-4-20-18-11-19(18)21-17-6-5-14-12-23(24,13-25-3)10-8-15(14)16(17)7-9-22(20,21)2/h4,14-19,21,24H,5-13H2,1-3H3/b20-4+/t14-,15+,16-,17-,18?,19?,21-,22-,23-/m1/s1. The van der Waals surface area contributed by atoms with E-state index in [0.717, 1.165) is 54.3 Å². The molecule has 5 aliphatic carbocycles. The minimum atomic E-state index is -0.543. The lowest BCUT2D eigenvalue weighted by atomic mass is 9.48. The number of rotatable bonds is 2. The van der Waals surface area contributed by atoms with Crippen molar-refractivity contribution in [1.82, 2.24) is 0 Å². The number of ether oxygens (including phenoxy) is 1. The molecule has 0 bridgehead atoms. The summed E-state index contributed by atoms with van der Waals surface area (Å²) in [5.41, 5.74) is 1.82. The fourth-order valence-corrected chi connectivity index (χ4v) is 8.67. The minimum Gasteiger partial charge on any atom is -0.387 e. The van der Waals surface area contributed by atoms with E-state index in [2.05, 4.69) is 19.9 Å². The maximum Gasteiger partial charge on any atom is 0.0882 e. The lowest BCUT2D eigenvalue weighted by Gasteiger charge is -2.57. The van der Waals surface area contributed by atoms with Crippen LogP contribution in [0.3, 0.4) is 0 Å². The van der Waals surface area contributed by atoms with Crippen molar-refractivity contribution in [3.05, 3.63) is 11.6 Å². The van der Waals surface area contributed by atoms with E-state index < -0.39 is 5.60 Å². The summed E-state index contributed by atoms with van der Waals surface area (Å²) >= 11 is 0. The van der Waals surface area contributed by atoms with E-state index in [1.54, 1.807) is 7.11 Å². The van der Waals surface area contributed by atoms with E-state index in [0.29, 0.717) is 12.0 Å². The van der Waals surface area contributed by atoms with Gasteiger partial charge in [0.2, 0.25) is 0 Å². The number of allylic oxidation sites excluding steroid dienone is 2. The highest BCUT2D eigenvalue weighted by Crippen LogP contribution is 2.74. The molecule has 140 valence electrons. The molecule has 0 aromatic rings. The predicted molar refractivity (Wildman–Crippen MR) is 100 cm³/mol. The molecule has 0 spiro atoms. The van der Waals surface area contributed by atoms with Crippen molar-refractivity contribution in [1.29, 1.82) is 0 Å². The minimum absolute atomic E-state index is 0.527. The second-order valence-corrected chi connectivity index (χ2v) is 10.5. The van der Waals surface area contributed by atoms with Gasteiger partial charge in [0, 0.05) is 7.11 Å². The monoisotopic (exact) mass is 344 g/mol. The third-order valence-corrected chi connectivity index (χ3v) is 9.44. The summed E-state index contributed by atoms with van der Waals surface area (Å²) < 4.78 is 5.33. The van der Waals surface area contributed by atoms with Gasteiger partial charge >= 0.3 is 0 Å². The van der Waals surface area contributed by atoms with E-state index in [9.17, 15) is 5.11 Å². The zero-order valence-electron chi connectivity index (χ0n) is 16.3. The quantitative estimate of drug-likeness (QED) is 0.728. The molecule has 25 heavy (non-hydrogen) atoms. The van der Waals surface area contributed by atoms with Gasteiger partial charge in [0.25, 0.3) is 0 Å². The van der Waals surface area contributed by atoms with Crippen molar-refractivity contribution in [3.63, 3.8) is 0 Å². The van der Waals surface area contributed by atoms with E-state index >= 15 is 0 Å². The van der Waals surface area contributed by atoms with Crippen LogP contribution in [0.15, 0.2) is 11.6 Å². The molecule has 0 heterocycles. The predicted octanol–water partition coefficient (Wildman–Crippen LogP) is 4.82. The van der Waals surface area contributed by atoms with Crippen LogP contribution in [0.5, 0.6) is 0 Å². The van der Waals surface area contributed by atoms with Gasteiger partial charge in [-0.3, -0.25) is 0 Å². The smallest absolute Gasteiger partial charge is 0.0882 e. The summed E-state index contributed by atoms with van der Waals surface area (Å²) in [6.45, 7) is 5.43. The second kappa shape index (κ2) is 5.58. The molecule has 0 saturated heterocycles. The van der Waals surface area contributed by atoms with Gasteiger partial charge in [-0.05, 0) is 105 Å². The lowest BCUT2D eigenvalue weighted by molar-refractivity contribution is -0.121. The zero-order chi connectivity index (χ0) is 17.4. The fraction of sp³-hybridized carbons (Fsp3) is 0.913. The van der Waals surface area contributed by atoms with Gasteiger partial charge in [0.15, 0.2) is 0 Å². The number of methoxy groups -OCH3 is 1. The van der Waals surface area contributed by atoms with E-state index in [1.807, 2.05) is 5.57 Å². The molecule has 1 N–H and O–H groups in total. The van der Waals surface area contributed by atoms with Gasteiger partial charge in [-0.1, -0.05) is 18.6 Å². The number of hydrogen-bond donors (Lipinski definition) is 1. The van der Waals surface area contributed by atoms with Crippen molar-refractivity contribution in [2.45, 2.75) is 70.8 Å². The van der Waals surface area contributed by atoms with Gasteiger partial charge in [-0.25, -0.2) is 0 Å². The third-order valence-electron chi connectivity index (χ3n) is 9.44. The molecule has 5 saturated carbocycles. The normalized spacial score (nSPS) is 58.2. The van der Waals surface area contributed by atoms with E-state index in [4.69, 9.17) is 4.74 Å². The fourth-order valence-electron chi connectivity index (χ4n) is 8.67. The average Bonchev–Trinajstić information content (AvgIpc) is 3.29. The molecule has 5 rings (SSSR count). The lowest BCUT2D eigenvalue weighted by Crippen LogP contribution is -2.52. The molecule has 5 aliphatic rings. The summed E-state index contributed by atoms with van der Waals surface area (Å²) in [4.78, 5) is 0. The zero-order valence-corrected chi connectivity index (χ0v) is 16.3. The van der Waals surface area contributed by atoms with Crippen molar-refractivity contribution in [3.8, 4) is 0 Å². The van der Waals surface area contributed by atoms with Crippen molar-refractivity contribution in [2.75, 3.05) is 13.7 Å². The van der Waals surface area contributed by atoms with Gasteiger partial charge in [0.05, 0.1) is 12.2 Å². The third kappa shape index (κ3) is 2.29. The van der Waals surface area contributed by atoms with Crippen LogP contribution in [0.25, 0.3) is 0 Å². The molecule has 0 amide bonds. The summed E-state index contributed by atoms with van der Waals surface area (Å²) in [6.07, 6.45) is 12.8. The van der Waals surface area contributed by atoms with Crippen LogP contribution in [-0.4, -0.2) is 24.4 Å². The Kier molecular flexibility index (Phi) is 3.75. The molecule has 9 atom stereocenters. The summed E-state index contributed by atoms with van der Waals surface area (Å²) in [7, 11) is 1.73. The number of aliphatic hydroxyl groups is 1. The molecule has 0 aliphatic heterocycles. The van der Waals surface area contributed by atoms with Crippen LogP contribution in [0.4, 0.5) is 0 Å².